The number of amides is 1. The van der Waals surface area contributed by atoms with Gasteiger partial charge >= 0.3 is 0 Å². The summed E-state index contributed by atoms with van der Waals surface area (Å²) in [6.07, 6.45) is 4.76. The first-order valence-corrected chi connectivity index (χ1v) is 12.3. The van der Waals surface area contributed by atoms with Crippen LogP contribution in [-0.4, -0.2) is 50.3 Å². The highest BCUT2D eigenvalue weighted by Crippen LogP contribution is 2.14. The zero-order valence-corrected chi connectivity index (χ0v) is 19.1. The van der Waals surface area contributed by atoms with Gasteiger partial charge in [-0.05, 0) is 41.5 Å². The molecule has 1 saturated heterocycles. The van der Waals surface area contributed by atoms with Crippen LogP contribution < -0.4 is 4.72 Å². The largest absolute Gasteiger partial charge is 0.468 e. The van der Waals surface area contributed by atoms with Crippen molar-refractivity contribution >= 4 is 22.0 Å². The van der Waals surface area contributed by atoms with Crippen molar-refractivity contribution in [1.82, 2.24) is 14.5 Å². The van der Waals surface area contributed by atoms with Crippen LogP contribution in [0.15, 0.2) is 88.4 Å². The molecule has 8 heteroatoms. The third-order valence-electron chi connectivity index (χ3n) is 5.56. The second-order valence-electron chi connectivity index (χ2n) is 7.89. The van der Waals surface area contributed by atoms with E-state index in [0.717, 1.165) is 25.2 Å². The van der Waals surface area contributed by atoms with E-state index in [2.05, 4.69) is 21.8 Å². The molecule has 7 nitrogen and oxygen atoms in total. The SMILES string of the molecule is O=C(/C=C/c1ccc(S(=O)(=O)NCc2ccco2)cc1)N1CCN(Cc2ccccc2)CC1. The van der Waals surface area contributed by atoms with Crippen molar-refractivity contribution in [2.75, 3.05) is 26.2 Å². The monoisotopic (exact) mass is 465 g/mol. The normalized spacial score (nSPS) is 15.2. The molecule has 2 heterocycles. The lowest BCUT2D eigenvalue weighted by molar-refractivity contribution is -0.127. The summed E-state index contributed by atoms with van der Waals surface area (Å²) in [5, 5.41) is 0. The van der Waals surface area contributed by atoms with Crippen LogP contribution in [0.2, 0.25) is 0 Å². The van der Waals surface area contributed by atoms with Gasteiger partial charge in [0.05, 0.1) is 17.7 Å². The lowest BCUT2D eigenvalue weighted by atomic mass is 10.2. The smallest absolute Gasteiger partial charge is 0.246 e. The molecule has 1 aliphatic rings. The third kappa shape index (κ3) is 6.41. The second kappa shape index (κ2) is 10.6. The van der Waals surface area contributed by atoms with Gasteiger partial charge < -0.3 is 9.32 Å². The van der Waals surface area contributed by atoms with Gasteiger partial charge in [-0.1, -0.05) is 42.5 Å². The van der Waals surface area contributed by atoms with Crippen LogP contribution in [0.4, 0.5) is 0 Å². The van der Waals surface area contributed by atoms with Crippen molar-refractivity contribution in [2.24, 2.45) is 0 Å². The molecule has 0 atom stereocenters. The van der Waals surface area contributed by atoms with Crippen LogP contribution in [0.1, 0.15) is 16.9 Å². The second-order valence-corrected chi connectivity index (χ2v) is 9.66. The minimum Gasteiger partial charge on any atom is -0.468 e. The first-order chi connectivity index (χ1) is 16.0. The Hall–Kier alpha value is -3.20. The summed E-state index contributed by atoms with van der Waals surface area (Å²) in [7, 11) is -3.64. The van der Waals surface area contributed by atoms with Gasteiger partial charge in [0.1, 0.15) is 5.76 Å². The zero-order chi connectivity index (χ0) is 23.1. The maximum Gasteiger partial charge on any atom is 0.246 e. The average molecular weight is 466 g/mol. The fraction of sp³-hybridized carbons (Fsp3) is 0.240. The average Bonchev–Trinajstić information content (AvgIpc) is 3.37. The van der Waals surface area contributed by atoms with E-state index in [0.29, 0.717) is 18.8 Å². The van der Waals surface area contributed by atoms with E-state index in [4.69, 9.17) is 4.42 Å². The first kappa shape index (κ1) is 23.0. The number of rotatable bonds is 8. The standard InChI is InChI=1S/C25H27N3O4S/c29-25(28-16-14-27(15-17-28)20-22-5-2-1-3-6-22)13-10-21-8-11-24(12-9-21)33(30,31)26-19-23-7-4-18-32-23/h1-13,18,26H,14-17,19-20H2/b13-10+. The van der Waals surface area contributed by atoms with E-state index in [1.165, 1.54) is 24.0 Å². The first-order valence-electron chi connectivity index (χ1n) is 10.8. The molecule has 1 aromatic heterocycles. The van der Waals surface area contributed by atoms with Crippen molar-refractivity contribution in [1.29, 1.82) is 0 Å². The van der Waals surface area contributed by atoms with Crippen LogP contribution in [0, 0.1) is 0 Å². The highest BCUT2D eigenvalue weighted by atomic mass is 32.2. The Bertz CT molecular complexity index is 1170. The summed E-state index contributed by atoms with van der Waals surface area (Å²) in [6, 6.07) is 20.2. The van der Waals surface area contributed by atoms with Crippen molar-refractivity contribution in [2.45, 2.75) is 18.0 Å². The summed E-state index contributed by atoms with van der Waals surface area (Å²) in [4.78, 5) is 16.9. The highest BCUT2D eigenvalue weighted by molar-refractivity contribution is 7.89. The maximum atomic E-state index is 12.6. The number of carbonyl (C=O) groups is 1. The number of piperazine rings is 1. The molecule has 2 aromatic carbocycles. The van der Waals surface area contributed by atoms with Crippen LogP contribution in [0.3, 0.4) is 0 Å². The van der Waals surface area contributed by atoms with Crippen LogP contribution in [0.25, 0.3) is 6.08 Å². The topological polar surface area (TPSA) is 82.9 Å². The number of nitrogens with zero attached hydrogens (tertiary/aromatic N) is 2. The molecule has 172 valence electrons. The van der Waals surface area contributed by atoms with Crippen molar-refractivity contribution in [3.63, 3.8) is 0 Å². The summed E-state index contributed by atoms with van der Waals surface area (Å²) in [6.45, 7) is 4.04. The highest BCUT2D eigenvalue weighted by Gasteiger charge is 2.19. The van der Waals surface area contributed by atoms with E-state index < -0.39 is 10.0 Å². The van der Waals surface area contributed by atoms with E-state index >= 15 is 0 Å². The van der Waals surface area contributed by atoms with Gasteiger partial charge in [-0.25, -0.2) is 13.1 Å². The molecular formula is C25H27N3O4S. The molecule has 0 aliphatic carbocycles. The van der Waals surface area contributed by atoms with Crippen LogP contribution in [0.5, 0.6) is 0 Å². The predicted octanol–water partition coefficient (Wildman–Crippen LogP) is 3.12. The lowest BCUT2D eigenvalue weighted by Gasteiger charge is -2.34. The summed E-state index contributed by atoms with van der Waals surface area (Å²) < 4.78 is 32.5. The summed E-state index contributed by atoms with van der Waals surface area (Å²) in [5.74, 6) is 0.503. The summed E-state index contributed by atoms with van der Waals surface area (Å²) in [5.41, 5.74) is 2.04. The molecule has 0 spiro atoms. The Balaban J connectivity index is 1.27. The Morgan fingerprint density at radius 3 is 2.33 bits per heavy atom. The molecule has 33 heavy (non-hydrogen) atoms. The van der Waals surface area contributed by atoms with Crippen LogP contribution >= 0.6 is 0 Å². The Kier molecular flexibility index (Phi) is 7.39. The molecule has 4 rings (SSSR count). The van der Waals surface area contributed by atoms with Gasteiger partial charge in [-0.2, -0.15) is 0 Å². The molecule has 1 amide bonds. The zero-order valence-electron chi connectivity index (χ0n) is 18.3. The van der Waals surface area contributed by atoms with Gasteiger partial charge in [0.15, 0.2) is 0 Å². The van der Waals surface area contributed by atoms with E-state index in [9.17, 15) is 13.2 Å². The number of hydrogen-bond donors (Lipinski definition) is 1. The van der Waals surface area contributed by atoms with Gasteiger partial charge in [-0.15, -0.1) is 0 Å². The Labute approximate surface area is 194 Å². The predicted molar refractivity (Wildman–Crippen MR) is 127 cm³/mol. The number of hydrogen-bond acceptors (Lipinski definition) is 5. The molecule has 0 unspecified atom stereocenters. The fourth-order valence-corrected chi connectivity index (χ4v) is 4.65. The Morgan fingerprint density at radius 1 is 0.939 bits per heavy atom. The van der Waals surface area contributed by atoms with Gasteiger partial charge in [0, 0.05) is 38.8 Å². The molecule has 0 bridgehead atoms. The van der Waals surface area contributed by atoms with Gasteiger partial charge in [0.25, 0.3) is 0 Å². The minimum absolute atomic E-state index is 0.0360. The number of benzene rings is 2. The molecular weight excluding hydrogens is 438 g/mol. The minimum atomic E-state index is -3.64. The van der Waals surface area contributed by atoms with E-state index in [1.54, 1.807) is 36.4 Å². The van der Waals surface area contributed by atoms with Crippen molar-refractivity contribution in [3.05, 3.63) is 96.0 Å². The molecule has 1 aliphatic heterocycles. The maximum absolute atomic E-state index is 12.6. The molecule has 1 fully saturated rings. The number of sulfonamides is 1. The lowest BCUT2D eigenvalue weighted by Crippen LogP contribution is -2.47. The van der Waals surface area contributed by atoms with Gasteiger partial charge in [-0.3, -0.25) is 9.69 Å². The molecule has 0 saturated carbocycles. The number of nitrogens with one attached hydrogen (secondary N) is 1. The summed E-state index contributed by atoms with van der Waals surface area (Å²) >= 11 is 0. The van der Waals surface area contributed by atoms with Crippen molar-refractivity contribution < 1.29 is 17.6 Å². The number of carbonyl (C=O) groups excluding carboxylic acids is 1. The van der Waals surface area contributed by atoms with Gasteiger partial charge in [0.2, 0.25) is 15.9 Å². The molecule has 3 aromatic rings. The Morgan fingerprint density at radius 2 is 1.67 bits per heavy atom. The van der Waals surface area contributed by atoms with E-state index in [-0.39, 0.29) is 17.3 Å². The quantitative estimate of drug-likeness (QED) is 0.517. The fourth-order valence-electron chi connectivity index (χ4n) is 3.66. The van der Waals surface area contributed by atoms with Crippen molar-refractivity contribution in [3.8, 4) is 0 Å². The number of furan rings is 1. The third-order valence-corrected chi connectivity index (χ3v) is 6.98. The molecule has 0 radical (unpaired) electrons. The van der Waals surface area contributed by atoms with E-state index in [1.807, 2.05) is 23.1 Å². The van der Waals surface area contributed by atoms with Crippen LogP contribution in [-0.2, 0) is 27.9 Å². The molecule has 1 N–H and O–H groups in total.